The van der Waals surface area contributed by atoms with Gasteiger partial charge in [0.15, 0.2) is 12.4 Å². The summed E-state index contributed by atoms with van der Waals surface area (Å²) in [6.07, 6.45) is 3.77. The van der Waals surface area contributed by atoms with Gasteiger partial charge in [0.25, 0.3) is 5.91 Å². The Hall–Kier alpha value is -2.55. The first kappa shape index (κ1) is 21.7. The Balaban J connectivity index is 1.30. The van der Waals surface area contributed by atoms with Gasteiger partial charge in [-0.15, -0.1) is 0 Å². The van der Waals surface area contributed by atoms with Crippen molar-refractivity contribution in [1.29, 1.82) is 0 Å². The van der Waals surface area contributed by atoms with E-state index in [1.54, 1.807) is 35.1 Å². The molecule has 0 radical (unpaired) electrons. The van der Waals surface area contributed by atoms with Gasteiger partial charge in [-0.3, -0.25) is 14.4 Å². The molecule has 8 nitrogen and oxygen atoms in total. The third kappa shape index (κ3) is 5.03. The number of halogens is 2. The van der Waals surface area contributed by atoms with Gasteiger partial charge in [0.05, 0.1) is 10.7 Å². The largest absolute Gasteiger partial charge is 0.470 e. The molecular formula is C21H24Cl2N6O2. The first-order valence-electron chi connectivity index (χ1n) is 10.0. The summed E-state index contributed by atoms with van der Waals surface area (Å²) in [6.45, 7) is 5.97. The number of aryl methyl sites for hydroxylation is 2. The van der Waals surface area contributed by atoms with Crippen LogP contribution >= 0.6 is 23.2 Å². The van der Waals surface area contributed by atoms with Crippen molar-refractivity contribution in [2.75, 3.05) is 26.2 Å². The van der Waals surface area contributed by atoms with E-state index in [9.17, 15) is 4.79 Å². The van der Waals surface area contributed by atoms with E-state index in [2.05, 4.69) is 21.3 Å². The van der Waals surface area contributed by atoms with Gasteiger partial charge in [0.2, 0.25) is 0 Å². The molecule has 1 aliphatic rings. The minimum atomic E-state index is -0.0725. The molecule has 1 aliphatic heterocycles. The third-order valence-electron chi connectivity index (χ3n) is 5.30. The molecular weight excluding hydrogens is 439 g/mol. The molecule has 10 heteroatoms. The summed E-state index contributed by atoms with van der Waals surface area (Å²) in [5.74, 6) is 0.397. The van der Waals surface area contributed by atoms with Crippen LogP contribution in [-0.2, 0) is 20.3 Å². The van der Waals surface area contributed by atoms with Crippen LogP contribution in [0.2, 0.25) is 10.0 Å². The second kappa shape index (κ2) is 9.30. The van der Waals surface area contributed by atoms with Crippen LogP contribution in [0.25, 0.3) is 0 Å². The van der Waals surface area contributed by atoms with Crippen molar-refractivity contribution in [3.63, 3.8) is 0 Å². The maximum Gasteiger partial charge on any atom is 0.274 e. The number of ether oxygens (including phenoxy) is 1. The number of rotatable bonds is 6. The number of hydrogen-bond acceptors (Lipinski definition) is 5. The quantitative estimate of drug-likeness (QED) is 0.562. The second-order valence-electron chi connectivity index (χ2n) is 7.55. The van der Waals surface area contributed by atoms with Gasteiger partial charge in [-0.2, -0.15) is 10.2 Å². The Morgan fingerprint density at radius 1 is 1.13 bits per heavy atom. The number of piperazine rings is 1. The van der Waals surface area contributed by atoms with E-state index in [1.165, 1.54) is 5.56 Å². The Morgan fingerprint density at radius 2 is 1.90 bits per heavy atom. The zero-order chi connectivity index (χ0) is 22.0. The lowest BCUT2D eigenvalue weighted by Crippen LogP contribution is -2.48. The molecule has 2 aromatic heterocycles. The van der Waals surface area contributed by atoms with Crippen molar-refractivity contribution in [2.45, 2.75) is 20.2 Å². The minimum Gasteiger partial charge on any atom is -0.470 e. The molecule has 0 saturated carbocycles. The third-order valence-corrected chi connectivity index (χ3v) is 6.10. The Labute approximate surface area is 190 Å². The molecule has 0 spiro atoms. The van der Waals surface area contributed by atoms with E-state index in [0.717, 1.165) is 25.3 Å². The molecule has 0 bridgehead atoms. The number of carbonyl (C=O) groups is 1. The van der Waals surface area contributed by atoms with Crippen molar-refractivity contribution in [1.82, 2.24) is 29.4 Å². The lowest BCUT2D eigenvalue weighted by atomic mass is 10.2. The minimum absolute atomic E-state index is 0.0725. The van der Waals surface area contributed by atoms with E-state index in [1.807, 2.05) is 23.6 Å². The number of carbonyl (C=O) groups excluding carboxylic acids is 1. The van der Waals surface area contributed by atoms with Gasteiger partial charge in [-0.1, -0.05) is 29.3 Å². The molecule has 1 aromatic carbocycles. The van der Waals surface area contributed by atoms with E-state index >= 15 is 0 Å². The molecule has 0 atom stereocenters. The van der Waals surface area contributed by atoms with Gasteiger partial charge in [-0.25, -0.2) is 4.68 Å². The fourth-order valence-electron chi connectivity index (χ4n) is 3.59. The molecule has 3 heterocycles. The van der Waals surface area contributed by atoms with Gasteiger partial charge >= 0.3 is 0 Å². The molecule has 0 aliphatic carbocycles. The highest BCUT2D eigenvalue weighted by Crippen LogP contribution is 2.31. The second-order valence-corrected chi connectivity index (χ2v) is 8.33. The molecule has 0 unspecified atom stereocenters. The Bertz CT molecular complexity index is 1070. The number of hydrogen-bond donors (Lipinski definition) is 0. The molecule has 3 aromatic rings. The predicted octanol–water partition coefficient (Wildman–Crippen LogP) is 3.23. The van der Waals surface area contributed by atoms with Crippen molar-refractivity contribution < 1.29 is 9.53 Å². The number of aromatic nitrogens is 4. The molecule has 1 amide bonds. The van der Waals surface area contributed by atoms with Crippen LogP contribution in [0, 0.1) is 6.92 Å². The summed E-state index contributed by atoms with van der Waals surface area (Å²) in [7, 11) is 1.93. The zero-order valence-corrected chi connectivity index (χ0v) is 19.0. The van der Waals surface area contributed by atoms with Gasteiger partial charge in [-0.05, 0) is 25.1 Å². The van der Waals surface area contributed by atoms with E-state index in [-0.39, 0.29) is 12.6 Å². The summed E-state index contributed by atoms with van der Waals surface area (Å²) < 4.78 is 9.07. The number of nitrogens with zero attached hydrogens (tertiary/aromatic N) is 6. The van der Waals surface area contributed by atoms with Crippen molar-refractivity contribution in [3.05, 3.63) is 63.7 Å². The first-order chi connectivity index (χ1) is 14.9. The van der Waals surface area contributed by atoms with Crippen LogP contribution in [0.3, 0.4) is 0 Å². The van der Waals surface area contributed by atoms with Crippen LogP contribution in [0.15, 0.2) is 36.7 Å². The summed E-state index contributed by atoms with van der Waals surface area (Å²) in [5.41, 5.74) is 2.67. The van der Waals surface area contributed by atoms with E-state index in [0.29, 0.717) is 34.6 Å². The molecule has 1 saturated heterocycles. The molecule has 4 rings (SSSR count). The first-order valence-corrected chi connectivity index (χ1v) is 10.8. The lowest BCUT2D eigenvalue weighted by Gasteiger charge is -2.34. The highest BCUT2D eigenvalue weighted by Gasteiger charge is 2.24. The standard InChI is InChI=1S/C21H24Cl2N6O2/c1-15-16(12-26(2)24-15)13-27-8-10-28(11-9-27)21(30)18-6-7-29(25-18)14-31-19-5-3-4-17(22)20(19)23/h3-7,12H,8-11,13-14H2,1-2H3. The van der Waals surface area contributed by atoms with Crippen LogP contribution in [0.4, 0.5) is 0 Å². The predicted molar refractivity (Wildman–Crippen MR) is 118 cm³/mol. The van der Waals surface area contributed by atoms with Gasteiger partial charge < -0.3 is 9.64 Å². The van der Waals surface area contributed by atoms with Gasteiger partial charge in [0, 0.05) is 57.7 Å². The van der Waals surface area contributed by atoms with Gasteiger partial charge in [0.1, 0.15) is 10.8 Å². The van der Waals surface area contributed by atoms with Crippen LogP contribution < -0.4 is 4.74 Å². The monoisotopic (exact) mass is 462 g/mol. The topological polar surface area (TPSA) is 68.4 Å². The van der Waals surface area contributed by atoms with E-state index < -0.39 is 0 Å². The smallest absolute Gasteiger partial charge is 0.274 e. The molecule has 164 valence electrons. The van der Waals surface area contributed by atoms with Crippen molar-refractivity contribution >= 4 is 29.1 Å². The molecule has 0 N–H and O–H groups in total. The maximum absolute atomic E-state index is 12.8. The fourth-order valence-corrected chi connectivity index (χ4v) is 3.94. The van der Waals surface area contributed by atoms with Crippen LogP contribution in [-0.4, -0.2) is 61.4 Å². The SMILES string of the molecule is Cc1nn(C)cc1CN1CCN(C(=O)c2ccn(COc3cccc(Cl)c3Cl)n2)CC1. The van der Waals surface area contributed by atoms with E-state index in [4.69, 9.17) is 27.9 Å². The van der Waals surface area contributed by atoms with Crippen LogP contribution in [0.5, 0.6) is 5.75 Å². The number of amides is 1. The maximum atomic E-state index is 12.8. The summed E-state index contributed by atoms with van der Waals surface area (Å²) >= 11 is 12.1. The fraction of sp³-hybridized carbons (Fsp3) is 0.381. The average Bonchev–Trinajstić information content (AvgIpc) is 3.35. The number of benzene rings is 1. The summed E-state index contributed by atoms with van der Waals surface area (Å²) in [4.78, 5) is 17.0. The summed E-state index contributed by atoms with van der Waals surface area (Å²) in [5, 5.41) is 9.53. The summed E-state index contributed by atoms with van der Waals surface area (Å²) in [6, 6.07) is 6.89. The van der Waals surface area contributed by atoms with Crippen molar-refractivity contribution in [3.8, 4) is 5.75 Å². The lowest BCUT2D eigenvalue weighted by molar-refractivity contribution is 0.0620. The highest BCUT2D eigenvalue weighted by atomic mass is 35.5. The normalized spacial score (nSPS) is 14.8. The zero-order valence-electron chi connectivity index (χ0n) is 17.5. The Morgan fingerprint density at radius 3 is 2.61 bits per heavy atom. The highest BCUT2D eigenvalue weighted by molar-refractivity contribution is 6.42. The van der Waals surface area contributed by atoms with Crippen molar-refractivity contribution in [2.24, 2.45) is 7.05 Å². The Kier molecular flexibility index (Phi) is 6.50. The van der Waals surface area contributed by atoms with Crippen LogP contribution in [0.1, 0.15) is 21.7 Å². The molecule has 31 heavy (non-hydrogen) atoms. The molecule has 1 fully saturated rings. The average molecular weight is 463 g/mol.